The van der Waals surface area contributed by atoms with Crippen molar-refractivity contribution in [2.75, 3.05) is 0 Å². The van der Waals surface area contributed by atoms with Crippen LogP contribution in [0.25, 0.3) is 0 Å². The van der Waals surface area contributed by atoms with Crippen LogP contribution in [0.3, 0.4) is 0 Å². The quantitative estimate of drug-likeness (QED) is 0.330. The van der Waals surface area contributed by atoms with Crippen molar-refractivity contribution < 1.29 is 10.0 Å². The van der Waals surface area contributed by atoms with E-state index in [9.17, 15) is 4.79 Å². The Hall–Kier alpha value is -2.04. The SMILES string of the molecule is CC(C)(C(=O)NC(C(N)=NO)C1CC1)c1ccccc1. The summed E-state index contributed by atoms with van der Waals surface area (Å²) in [6, 6.07) is 9.21. The van der Waals surface area contributed by atoms with E-state index in [1.807, 2.05) is 44.2 Å². The molecular formula is C15H21N3O2. The molecule has 0 heterocycles. The number of carbonyl (C=O) groups excluding carboxylic acids is 1. The fourth-order valence-corrected chi connectivity index (χ4v) is 2.23. The van der Waals surface area contributed by atoms with Crippen molar-refractivity contribution in [3.8, 4) is 0 Å². The van der Waals surface area contributed by atoms with Gasteiger partial charge in [0.05, 0.1) is 11.5 Å². The third kappa shape index (κ3) is 2.92. The van der Waals surface area contributed by atoms with E-state index in [0.717, 1.165) is 18.4 Å². The number of amidine groups is 1. The molecule has 1 fully saturated rings. The molecule has 1 aliphatic rings. The van der Waals surface area contributed by atoms with E-state index >= 15 is 0 Å². The zero-order chi connectivity index (χ0) is 14.8. The Bertz CT molecular complexity index is 507. The van der Waals surface area contributed by atoms with E-state index < -0.39 is 5.41 Å². The van der Waals surface area contributed by atoms with Crippen LogP contribution in [0.15, 0.2) is 35.5 Å². The smallest absolute Gasteiger partial charge is 0.230 e. The van der Waals surface area contributed by atoms with Gasteiger partial charge >= 0.3 is 0 Å². The number of hydrogen-bond donors (Lipinski definition) is 3. The summed E-state index contributed by atoms with van der Waals surface area (Å²) in [6.45, 7) is 3.74. The normalized spacial score (nSPS) is 17.6. The molecule has 5 heteroatoms. The van der Waals surface area contributed by atoms with Gasteiger partial charge in [0.15, 0.2) is 5.84 Å². The fraction of sp³-hybridized carbons (Fsp3) is 0.467. The van der Waals surface area contributed by atoms with Gasteiger partial charge in [-0.1, -0.05) is 35.5 Å². The van der Waals surface area contributed by atoms with Crippen LogP contribution < -0.4 is 11.1 Å². The Morgan fingerprint density at radius 2 is 2.00 bits per heavy atom. The molecule has 20 heavy (non-hydrogen) atoms. The minimum Gasteiger partial charge on any atom is -0.409 e. The molecule has 1 atom stereocenters. The first-order chi connectivity index (χ1) is 9.46. The average Bonchev–Trinajstić information content (AvgIpc) is 3.29. The van der Waals surface area contributed by atoms with Crippen molar-refractivity contribution in [2.24, 2.45) is 16.8 Å². The van der Waals surface area contributed by atoms with E-state index in [0.29, 0.717) is 0 Å². The van der Waals surface area contributed by atoms with Gasteiger partial charge in [-0.25, -0.2) is 0 Å². The molecule has 2 rings (SSSR count). The molecule has 0 bridgehead atoms. The molecule has 1 saturated carbocycles. The molecule has 1 aromatic carbocycles. The lowest BCUT2D eigenvalue weighted by Crippen LogP contribution is -2.51. The highest BCUT2D eigenvalue weighted by Crippen LogP contribution is 2.33. The summed E-state index contributed by atoms with van der Waals surface area (Å²) < 4.78 is 0. The number of nitrogens with two attached hydrogens (primary N) is 1. The largest absolute Gasteiger partial charge is 0.409 e. The zero-order valence-corrected chi connectivity index (χ0v) is 11.8. The van der Waals surface area contributed by atoms with E-state index in [1.165, 1.54) is 0 Å². The Labute approximate surface area is 118 Å². The highest BCUT2D eigenvalue weighted by atomic mass is 16.4. The minimum absolute atomic E-state index is 0.0738. The van der Waals surface area contributed by atoms with Crippen molar-refractivity contribution in [2.45, 2.75) is 38.1 Å². The van der Waals surface area contributed by atoms with Crippen molar-refractivity contribution in [1.82, 2.24) is 5.32 Å². The predicted octanol–water partition coefficient (Wildman–Crippen LogP) is 1.61. The first-order valence-electron chi connectivity index (χ1n) is 6.80. The van der Waals surface area contributed by atoms with Crippen molar-refractivity contribution in [3.05, 3.63) is 35.9 Å². The molecule has 5 nitrogen and oxygen atoms in total. The van der Waals surface area contributed by atoms with E-state index in [1.54, 1.807) is 0 Å². The Morgan fingerprint density at radius 3 is 2.50 bits per heavy atom. The van der Waals surface area contributed by atoms with Gasteiger partial charge < -0.3 is 16.3 Å². The molecule has 1 unspecified atom stereocenters. The van der Waals surface area contributed by atoms with Gasteiger partial charge in [0, 0.05) is 0 Å². The molecule has 0 spiro atoms. The molecule has 0 aliphatic heterocycles. The first-order valence-corrected chi connectivity index (χ1v) is 6.80. The van der Waals surface area contributed by atoms with Crippen LogP contribution in [0.4, 0.5) is 0 Å². The number of oxime groups is 1. The lowest BCUT2D eigenvalue weighted by Gasteiger charge is -2.27. The number of nitrogens with zero attached hydrogens (tertiary/aromatic N) is 1. The number of hydrogen-bond acceptors (Lipinski definition) is 3. The molecule has 108 valence electrons. The maximum absolute atomic E-state index is 12.5. The van der Waals surface area contributed by atoms with Crippen molar-refractivity contribution in [1.29, 1.82) is 0 Å². The van der Waals surface area contributed by atoms with Gasteiger partial charge in [-0.15, -0.1) is 0 Å². The van der Waals surface area contributed by atoms with Gasteiger partial charge in [0.25, 0.3) is 0 Å². The molecule has 0 saturated heterocycles. The van der Waals surface area contributed by atoms with Crippen LogP contribution in [0.5, 0.6) is 0 Å². The standard InChI is InChI=1S/C15H21N3O2/c1-15(2,11-6-4-3-5-7-11)14(19)17-12(10-8-9-10)13(16)18-20/h3-7,10,12,20H,8-9H2,1-2H3,(H2,16,18)(H,17,19). The lowest BCUT2D eigenvalue weighted by atomic mass is 9.83. The van der Waals surface area contributed by atoms with E-state index in [2.05, 4.69) is 10.5 Å². The summed E-state index contributed by atoms with van der Waals surface area (Å²) in [6.07, 6.45) is 1.99. The number of benzene rings is 1. The second-order valence-corrected chi connectivity index (χ2v) is 5.80. The third-order valence-electron chi connectivity index (χ3n) is 3.88. The number of amides is 1. The minimum atomic E-state index is -0.663. The van der Waals surface area contributed by atoms with E-state index in [-0.39, 0.29) is 23.7 Å². The summed E-state index contributed by atoms with van der Waals surface area (Å²) in [5, 5.41) is 14.8. The van der Waals surface area contributed by atoms with Crippen LogP contribution in [0.1, 0.15) is 32.3 Å². The second-order valence-electron chi connectivity index (χ2n) is 5.80. The summed E-state index contributed by atoms with van der Waals surface area (Å²) in [4.78, 5) is 12.5. The molecule has 0 aromatic heterocycles. The number of rotatable bonds is 5. The summed E-state index contributed by atoms with van der Waals surface area (Å²) in [5.41, 5.74) is 5.95. The van der Waals surface area contributed by atoms with Gasteiger partial charge in [0.1, 0.15) is 0 Å². The topological polar surface area (TPSA) is 87.7 Å². The molecular weight excluding hydrogens is 254 g/mol. The second kappa shape index (κ2) is 5.53. The average molecular weight is 275 g/mol. The number of carbonyl (C=O) groups is 1. The van der Waals surface area contributed by atoms with Gasteiger partial charge in [-0.05, 0) is 38.2 Å². The predicted molar refractivity (Wildman–Crippen MR) is 77.5 cm³/mol. The lowest BCUT2D eigenvalue weighted by molar-refractivity contribution is -0.126. The zero-order valence-electron chi connectivity index (χ0n) is 11.8. The van der Waals surface area contributed by atoms with E-state index in [4.69, 9.17) is 10.9 Å². The summed E-state index contributed by atoms with van der Waals surface area (Å²) in [7, 11) is 0. The van der Waals surface area contributed by atoms with Crippen LogP contribution in [0.2, 0.25) is 0 Å². The van der Waals surface area contributed by atoms with Crippen LogP contribution in [0, 0.1) is 5.92 Å². The van der Waals surface area contributed by atoms with Crippen LogP contribution in [-0.4, -0.2) is 23.0 Å². The summed E-state index contributed by atoms with van der Waals surface area (Å²) >= 11 is 0. The Balaban J connectivity index is 2.14. The highest BCUT2D eigenvalue weighted by molar-refractivity contribution is 5.94. The Morgan fingerprint density at radius 1 is 1.40 bits per heavy atom. The van der Waals surface area contributed by atoms with Crippen molar-refractivity contribution in [3.63, 3.8) is 0 Å². The molecule has 1 aliphatic carbocycles. The summed E-state index contributed by atoms with van der Waals surface area (Å²) in [5.74, 6) is 0.235. The van der Waals surface area contributed by atoms with Crippen LogP contribution >= 0.6 is 0 Å². The molecule has 1 aromatic rings. The van der Waals surface area contributed by atoms with Gasteiger partial charge in [0.2, 0.25) is 5.91 Å². The molecule has 4 N–H and O–H groups in total. The van der Waals surface area contributed by atoms with Crippen LogP contribution in [-0.2, 0) is 10.2 Å². The van der Waals surface area contributed by atoms with Crippen molar-refractivity contribution >= 4 is 11.7 Å². The monoisotopic (exact) mass is 275 g/mol. The first kappa shape index (κ1) is 14.4. The maximum atomic E-state index is 12.5. The molecule has 0 radical (unpaired) electrons. The maximum Gasteiger partial charge on any atom is 0.230 e. The van der Waals surface area contributed by atoms with Gasteiger partial charge in [-0.2, -0.15) is 0 Å². The van der Waals surface area contributed by atoms with Gasteiger partial charge in [-0.3, -0.25) is 4.79 Å². The molecule has 1 amide bonds. The number of nitrogens with one attached hydrogen (secondary N) is 1. The fourth-order valence-electron chi connectivity index (χ4n) is 2.23. The highest BCUT2D eigenvalue weighted by Gasteiger charge is 2.38. The third-order valence-corrected chi connectivity index (χ3v) is 3.88. The Kier molecular flexibility index (Phi) is 3.97.